The van der Waals surface area contributed by atoms with E-state index in [4.69, 9.17) is 0 Å². The first-order valence-corrected chi connectivity index (χ1v) is 8.76. The van der Waals surface area contributed by atoms with E-state index in [2.05, 4.69) is 17.0 Å². The second-order valence-corrected chi connectivity index (χ2v) is 6.37. The summed E-state index contributed by atoms with van der Waals surface area (Å²) in [5.74, 6) is -1.28. The Morgan fingerprint density at radius 1 is 0.920 bits per heavy atom. The number of amides is 4. The van der Waals surface area contributed by atoms with Crippen LogP contribution in [0.1, 0.15) is 12.5 Å². The Morgan fingerprint density at radius 2 is 1.60 bits per heavy atom. The van der Waals surface area contributed by atoms with Crippen molar-refractivity contribution in [1.29, 1.82) is 0 Å². The van der Waals surface area contributed by atoms with E-state index in [1.54, 1.807) is 4.90 Å². The number of hydrogen-bond acceptors (Lipinski definition) is 4. The number of urea groups is 1. The highest BCUT2D eigenvalue weighted by Crippen LogP contribution is 2.13. The Kier molecular flexibility index (Phi) is 5.33. The summed E-state index contributed by atoms with van der Waals surface area (Å²) in [5, 5.41) is 0. The van der Waals surface area contributed by atoms with E-state index in [9.17, 15) is 14.4 Å². The van der Waals surface area contributed by atoms with Gasteiger partial charge in [-0.3, -0.25) is 19.4 Å². The molecule has 7 nitrogen and oxygen atoms in total. The van der Waals surface area contributed by atoms with Gasteiger partial charge in [0.1, 0.15) is 0 Å². The third-order valence-corrected chi connectivity index (χ3v) is 4.81. The van der Waals surface area contributed by atoms with E-state index in [1.807, 2.05) is 25.1 Å². The molecule has 134 valence electrons. The molecule has 0 aliphatic carbocycles. The van der Waals surface area contributed by atoms with E-state index in [-0.39, 0.29) is 12.6 Å². The highest BCUT2D eigenvalue weighted by atomic mass is 16.2. The summed E-state index contributed by atoms with van der Waals surface area (Å²) in [6, 6.07) is 9.88. The lowest BCUT2D eigenvalue weighted by molar-refractivity contribution is -0.154. The van der Waals surface area contributed by atoms with Crippen molar-refractivity contribution in [2.24, 2.45) is 0 Å². The van der Waals surface area contributed by atoms with Crippen molar-refractivity contribution in [2.45, 2.75) is 13.5 Å². The summed E-state index contributed by atoms with van der Waals surface area (Å²) >= 11 is 0. The molecule has 2 aliphatic heterocycles. The van der Waals surface area contributed by atoms with Crippen molar-refractivity contribution in [1.82, 2.24) is 19.6 Å². The van der Waals surface area contributed by atoms with Crippen LogP contribution in [0.15, 0.2) is 30.3 Å². The van der Waals surface area contributed by atoms with Gasteiger partial charge < -0.3 is 9.80 Å². The number of carbonyl (C=O) groups is 3. The zero-order chi connectivity index (χ0) is 17.8. The van der Waals surface area contributed by atoms with Crippen molar-refractivity contribution < 1.29 is 14.4 Å². The van der Waals surface area contributed by atoms with Crippen LogP contribution in [-0.4, -0.2) is 83.3 Å². The minimum absolute atomic E-state index is 0.279. The average molecular weight is 344 g/mol. The topological polar surface area (TPSA) is 64.2 Å². The number of likely N-dealkylation sites (N-methyl/N-ethyl adjacent to an activating group) is 1. The maximum atomic E-state index is 12.6. The summed E-state index contributed by atoms with van der Waals surface area (Å²) in [7, 11) is 0. The minimum Gasteiger partial charge on any atom is -0.333 e. The number of nitrogens with zero attached hydrogens (tertiary/aromatic N) is 4. The summed E-state index contributed by atoms with van der Waals surface area (Å²) in [5.41, 5.74) is 1.25. The molecule has 1 aromatic rings. The molecule has 4 amide bonds. The van der Waals surface area contributed by atoms with E-state index < -0.39 is 11.8 Å². The van der Waals surface area contributed by atoms with Gasteiger partial charge in [-0.2, -0.15) is 0 Å². The number of carbonyl (C=O) groups excluding carboxylic acids is 3. The maximum absolute atomic E-state index is 12.6. The molecule has 2 aliphatic rings. The molecule has 2 fully saturated rings. The summed E-state index contributed by atoms with van der Waals surface area (Å²) in [4.78, 5) is 43.3. The SMILES string of the molecule is CCN1CCN(C(=O)N2CCN(Cc3ccccc3)CC2)C(=O)C1=O. The van der Waals surface area contributed by atoms with Crippen LogP contribution in [0.4, 0.5) is 4.79 Å². The highest BCUT2D eigenvalue weighted by Gasteiger charge is 2.37. The second-order valence-electron chi connectivity index (χ2n) is 6.37. The van der Waals surface area contributed by atoms with Crippen molar-refractivity contribution in [2.75, 3.05) is 45.8 Å². The van der Waals surface area contributed by atoms with Gasteiger partial charge in [-0.25, -0.2) is 4.79 Å². The summed E-state index contributed by atoms with van der Waals surface area (Å²) in [6.45, 7) is 6.54. The lowest BCUT2D eigenvalue weighted by Gasteiger charge is -2.39. The molecule has 1 aromatic carbocycles. The van der Waals surface area contributed by atoms with Crippen LogP contribution >= 0.6 is 0 Å². The zero-order valence-electron chi connectivity index (χ0n) is 14.6. The predicted octanol–water partition coefficient (Wildman–Crippen LogP) is 0.615. The van der Waals surface area contributed by atoms with Gasteiger partial charge in [-0.05, 0) is 12.5 Å². The van der Waals surface area contributed by atoms with Crippen molar-refractivity contribution in [3.05, 3.63) is 35.9 Å². The van der Waals surface area contributed by atoms with Gasteiger partial charge >= 0.3 is 17.8 Å². The Hall–Kier alpha value is -2.41. The fourth-order valence-electron chi connectivity index (χ4n) is 3.27. The van der Waals surface area contributed by atoms with Gasteiger partial charge in [0, 0.05) is 52.4 Å². The van der Waals surface area contributed by atoms with Crippen molar-refractivity contribution in [3.8, 4) is 0 Å². The van der Waals surface area contributed by atoms with Crippen molar-refractivity contribution in [3.63, 3.8) is 0 Å². The summed E-state index contributed by atoms with van der Waals surface area (Å²) in [6.07, 6.45) is 0. The fourth-order valence-corrected chi connectivity index (χ4v) is 3.27. The van der Waals surface area contributed by atoms with Crippen LogP contribution in [-0.2, 0) is 16.1 Å². The van der Waals surface area contributed by atoms with Crippen LogP contribution in [0.5, 0.6) is 0 Å². The lowest BCUT2D eigenvalue weighted by Crippen LogP contribution is -2.60. The van der Waals surface area contributed by atoms with Gasteiger partial charge in [0.2, 0.25) is 0 Å². The Morgan fingerprint density at radius 3 is 2.24 bits per heavy atom. The Labute approximate surface area is 147 Å². The number of imide groups is 1. The van der Waals surface area contributed by atoms with Crippen LogP contribution in [0.25, 0.3) is 0 Å². The number of rotatable bonds is 3. The lowest BCUT2D eigenvalue weighted by atomic mass is 10.2. The largest absolute Gasteiger partial charge is 0.333 e. The third-order valence-electron chi connectivity index (χ3n) is 4.81. The van der Waals surface area contributed by atoms with Crippen LogP contribution in [0, 0.1) is 0 Å². The van der Waals surface area contributed by atoms with Crippen LogP contribution in [0.3, 0.4) is 0 Å². The molecule has 0 saturated carbocycles. The Balaban J connectivity index is 1.53. The Bertz CT molecular complexity index is 641. The first-order valence-electron chi connectivity index (χ1n) is 8.76. The second kappa shape index (κ2) is 7.65. The number of benzene rings is 1. The standard InChI is InChI=1S/C18H24N4O3/c1-2-20-12-13-22(17(24)16(20)23)18(25)21-10-8-19(9-11-21)14-15-6-4-3-5-7-15/h3-7H,2,8-14H2,1H3. The van der Waals surface area contributed by atoms with E-state index in [0.717, 1.165) is 24.5 Å². The molecule has 0 N–H and O–H groups in total. The fraction of sp³-hybridized carbons (Fsp3) is 0.500. The van der Waals surface area contributed by atoms with Crippen molar-refractivity contribution >= 4 is 17.8 Å². The van der Waals surface area contributed by atoms with E-state index in [1.165, 1.54) is 10.5 Å². The zero-order valence-corrected chi connectivity index (χ0v) is 14.6. The van der Waals surface area contributed by atoms with Gasteiger partial charge in [0.05, 0.1) is 0 Å². The van der Waals surface area contributed by atoms with Crippen LogP contribution < -0.4 is 0 Å². The number of hydrogen-bond donors (Lipinski definition) is 0. The highest BCUT2D eigenvalue weighted by molar-refractivity contribution is 6.38. The molecule has 0 unspecified atom stereocenters. The molecule has 25 heavy (non-hydrogen) atoms. The molecular formula is C18H24N4O3. The van der Waals surface area contributed by atoms with Gasteiger partial charge in [-0.1, -0.05) is 30.3 Å². The van der Waals surface area contributed by atoms with Gasteiger partial charge in [-0.15, -0.1) is 0 Å². The molecule has 0 aromatic heterocycles. The van der Waals surface area contributed by atoms with E-state index in [0.29, 0.717) is 26.2 Å². The molecular weight excluding hydrogens is 320 g/mol. The molecule has 0 atom stereocenters. The average Bonchev–Trinajstić information content (AvgIpc) is 2.65. The predicted molar refractivity (Wildman–Crippen MR) is 92.7 cm³/mol. The molecule has 7 heteroatoms. The van der Waals surface area contributed by atoms with Gasteiger partial charge in [0.25, 0.3) is 0 Å². The monoisotopic (exact) mass is 344 g/mol. The molecule has 2 heterocycles. The molecule has 3 rings (SSSR count). The quantitative estimate of drug-likeness (QED) is 0.754. The molecule has 0 spiro atoms. The first-order chi connectivity index (χ1) is 12.1. The van der Waals surface area contributed by atoms with E-state index >= 15 is 0 Å². The normalized spacial score (nSPS) is 19.5. The smallest absolute Gasteiger partial charge is 0.327 e. The first kappa shape index (κ1) is 17.4. The molecule has 2 saturated heterocycles. The maximum Gasteiger partial charge on any atom is 0.327 e. The number of piperazine rings is 2. The molecule has 0 bridgehead atoms. The molecule has 0 radical (unpaired) electrons. The summed E-state index contributed by atoms with van der Waals surface area (Å²) < 4.78 is 0. The minimum atomic E-state index is -0.704. The van der Waals surface area contributed by atoms with Crippen LogP contribution in [0.2, 0.25) is 0 Å². The third kappa shape index (κ3) is 3.82. The van der Waals surface area contributed by atoms with Gasteiger partial charge in [0.15, 0.2) is 0 Å².